The van der Waals surface area contributed by atoms with Crippen molar-refractivity contribution in [2.45, 2.75) is 31.2 Å². The van der Waals surface area contributed by atoms with Crippen LogP contribution in [0.3, 0.4) is 0 Å². The van der Waals surface area contributed by atoms with Gasteiger partial charge in [-0.2, -0.15) is 4.72 Å². The second-order valence-corrected chi connectivity index (χ2v) is 7.55. The summed E-state index contributed by atoms with van der Waals surface area (Å²) in [6, 6.07) is 1.87. The van der Waals surface area contributed by atoms with Crippen molar-refractivity contribution in [3.63, 3.8) is 0 Å². The lowest BCUT2D eigenvalue weighted by molar-refractivity contribution is -0.385. The monoisotopic (exact) mass is 394 g/mol. The Morgan fingerprint density at radius 3 is 2.45 bits per heavy atom. The summed E-state index contributed by atoms with van der Waals surface area (Å²) in [5.41, 5.74) is -0.275. The Balaban J connectivity index is 3.13. The number of nitro benzene ring substituents is 1. The number of halogens is 1. The molecule has 2 N–H and O–H groups in total. The van der Waals surface area contributed by atoms with E-state index in [1.807, 2.05) is 0 Å². The van der Waals surface area contributed by atoms with E-state index in [9.17, 15) is 23.3 Å². The van der Waals surface area contributed by atoms with Crippen molar-refractivity contribution < 1.29 is 23.2 Å². The molecule has 1 rings (SSSR count). The largest absolute Gasteiger partial charge is 0.480 e. The lowest BCUT2D eigenvalue weighted by atomic mass is 10.1. The Hall–Kier alpha value is -1.52. The SMILES string of the molecule is CC(C)C[C@H](NS(=O)(=O)c1ccc([N+](=O)[O-])cc1Br)C(=O)O. The van der Waals surface area contributed by atoms with Crippen LogP contribution in [0.2, 0.25) is 0 Å². The van der Waals surface area contributed by atoms with Gasteiger partial charge >= 0.3 is 5.97 Å². The molecule has 0 radical (unpaired) electrons. The number of nitrogens with one attached hydrogen (secondary N) is 1. The third kappa shape index (κ3) is 4.75. The molecule has 0 aliphatic heterocycles. The van der Waals surface area contributed by atoms with Gasteiger partial charge in [-0.1, -0.05) is 13.8 Å². The molecule has 0 unspecified atom stereocenters. The number of carboxylic acid groups (broad SMARTS) is 1. The number of aliphatic carboxylic acids is 1. The first kappa shape index (κ1) is 18.5. The van der Waals surface area contributed by atoms with Crippen LogP contribution in [0, 0.1) is 16.0 Å². The summed E-state index contributed by atoms with van der Waals surface area (Å²) >= 11 is 2.96. The third-order valence-corrected chi connectivity index (χ3v) is 5.17. The van der Waals surface area contributed by atoms with Gasteiger partial charge in [-0.15, -0.1) is 0 Å². The van der Waals surface area contributed by atoms with Gasteiger partial charge in [0.1, 0.15) is 6.04 Å². The maximum absolute atomic E-state index is 12.3. The number of rotatable bonds is 7. The van der Waals surface area contributed by atoms with Gasteiger partial charge in [0.05, 0.1) is 9.82 Å². The minimum atomic E-state index is -4.12. The van der Waals surface area contributed by atoms with E-state index < -0.39 is 27.0 Å². The second kappa shape index (κ2) is 7.16. The molecule has 10 heteroatoms. The highest BCUT2D eigenvalue weighted by Gasteiger charge is 2.28. The molecule has 0 fully saturated rings. The summed E-state index contributed by atoms with van der Waals surface area (Å²) < 4.78 is 26.6. The summed E-state index contributed by atoms with van der Waals surface area (Å²) in [4.78, 5) is 20.9. The molecule has 0 bridgehead atoms. The highest BCUT2D eigenvalue weighted by Crippen LogP contribution is 2.27. The van der Waals surface area contributed by atoms with Gasteiger partial charge < -0.3 is 5.11 Å². The molecule has 0 spiro atoms. The number of hydrogen-bond acceptors (Lipinski definition) is 5. The van der Waals surface area contributed by atoms with Crippen LogP contribution in [0.4, 0.5) is 5.69 Å². The molecule has 1 atom stereocenters. The van der Waals surface area contributed by atoms with E-state index in [2.05, 4.69) is 20.7 Å². The first-order chi connectivity index (χ1) is 10.0. The first-order valence-corrected chi connectivity index (χ1v) is 8.51. The van der Waals surface area contributed by atoms with E-state index >= 15 is 0 Å². The quantitative estimate of drug-likeness (QED) is 0.538. The summed E-state index contributed by atoms with van der Waals surface area (Å²) in [6.07, 6.45) is 0.124. The zero-order valence-corrected chi connectivity index (χ0v) is 14.2. The average molecular weight is 395 g/mol. The summed E-state index contributed by atoms with van der Waals surface area (Å²) in [6.45, 7) is 3.54. The summed E-state index contributed by atoms with van der Waals surface area (Å²) in [7, 11) is -4.12. The maximum atomic E-state index is 12.3. The smallest absolute Gasteiger partial charge is 0.321 e. The molecule has 0 aromatic heterocycles. The van der Waals surface area contributed by atoms with Gasteiger partial charge in [-0.25, -0.2) is 8.42 Å². The highest BCUT2D eigenvalue weighted by atomic mass is 79.9. The Kier molecular flexibility index (Phi) is 6.03. The van der Waals surface area contributed by atoms with Crippen LogP contribution in [0.25, 0.3) is 0 Å². The molecule has 8 nitrogen and oxygen atoms in total. The predicted octanol–water partition coefficient (Wildman–Crippen LogP) is 2.13. The molecule has 0 amide bonds. The molecule has 0 aliphatic rings. The van der Waals surface area contributed by atoms with Crippen molar-refractivity contribution in [3.8, 4) is 0 Å². The van der Waals surface area contributed by atoms with Crippen molar-refractivity contribution >= 4 is 37.6 Å². The first-order valence-electron chi connectivity index (χ1n) is 6.23. The van der Waals surface area contributed by atoms with Crippen molar-refractivity contribution in [1.82, 2.24) is 4.72 Å². The van der Waals surface area contributed by atoms with Gasteiger partial charge in [0.15, 0.2) is 0 Å². The van der Waals surface area contributed by atoms with Gasteiger partial charge in [0.25, 0.3) is 5.69 Å². The fraction of sp³-hybridized carbons (Fsp3) is 0.417. The van der Waals surface area contributed by atoms with Crippen LogP contribution >= 0.6 is 15.9 Å². The van der Waals surface area contributed by atoms with Crippen LogP contribution < -0.4 is 4.72 Å². The summed E-state index contributed by atoms with van der Waals surface area (Å²) in [5, 5.41) is 19.7. The fourth-order valence-electron chi connectivity index (χ4n) is 1.74. The van der Waals surface area contributed by atoms with Crippen LogP contribution in [0.1, 0.15) is 20.3 Å². The van der Waals surface area contributed by atoms with E-state index in [4.69, 9.17) is 5.11 Å². The zero-order chi connectivity index (χ0) is 17.1. The highest BCUT2D eigenvalue weighted by molar-refractivity contribution is 9.10. The topological polar surface area (TPSA) is 127 Å². The number of non-ortho nitro benzene ring substituents is 1. The number of nitrogens with zero attached hydrogens (tertiary/aromatic N) is 1. The van der Waals surface area contributed by atoms with E-state index in [1.165, 1.54) is 0 Å². The molecule has 22 heavy (non-hydrogen) atoms. The minimum absolute atomic E-state index is 0.0112. The fourth-order valence-corrected chi connectivity index (χ4v) is 4.01. The van der Waals surface area contributed by atoms with Crippen molar-refractivity contribution in [2.24, 2.45) is 5.92 Å². The average Bonchev–Trinajstić information content (AvgIpc) is 2.36. The molecule has 1 aromatic rings. The molecule has 0 heterocycles. The van der Waals surface area contributed by atoms with Crippen LogP contribution in [-0.4, -0.2) is 30.5 Å². The van der Waals surface area contributed by atoms with Crippen molar-refractivity contribution in [1.29, 1.82) is 0 Å². The minimum Gasteiger partial charge on any atom is -0.480 e. The number of carbonyl (C=O) groups is 1. The number of hydrogen-bond donors (Lipinski definition) is 2. The molecule has 0 saturated carbocycles. The normalized spacial score (nSPS) is 13.1. The van der Waals surface area contributed by atoms with Crippen LogP contribution in [-0.2, 0) is 14.8 Å². The Morgan fingerprint density at radius 1 is 1.45 bits per heavy atom. The number of nitro groups is 1. The van der Waals surface area contributed by atoms with E-state index in [-0.39, 0.29) is 27.4 Å². The standard InChI is InChI=1S/C12H15BrN2O6S/c1-7(2)5-10(12(16)17)14-22(20,21)11-4-3-8(15(18)19)6-9(11)13/h3-4,6-7,10,14H,5H2,1-2H3,(H,16,17)/t10-/m0/s1. The molecule has 0 aliphatic carbocycles. The van der Waals surface area contributed by atoms with Crippen molar-refractivity contribution in [2.75, 3.05) is 0 Å². The summed E-state index contributed by atoms with van der Waals surface area (Å²) in [5.74, 6) is -1.31. The van der Waals surface area contributed by atoms with Crippen LogP contribution in [0.15, 0.2) is 27.6 Å². The van der Waals surface area contributed by atoms with E-state index in [0.717, 1.165) is 18.2 Å². The predicted molar refractivity (Wildman–Crippen MR) is 82.0 cm³/mol. The van der Waals surface area contributed by atoms with Gasteiger partial charge in [-0.05, 0) is 34.3 Å². The van der Waals surface area contributed by atoms with Gasteiger partial charge in [0.2, 0.25) is 10.0 Å². The second-order valence-electron chi connectivity index (χ2n) is 5.01. The van der Waals surface area contributed by atoms with Gasteiger partial charge in [-0.3, -0.25) is 14.9 Å². The maximum Gasteiger partial charge on any atom is 0.321 e. The molecule has 0 saturated heterocycles. The van der Waals surface area contributed by atoms with Gasteiger partial charge in [0, 0.05) is 16.6 Å². The Labute approximate surface area is 135 Å². The van der Waals surface area contributed by atoms with E-state index in [1.54, 1.807) is 13.8 Å². The Bertz CT molecular complexity index is 689. The molecule has 122 valence electrons. The van der Waals surface area contributed by atoms with Crippen LogP contribution in [0.5, 0.6) is 0 Å². The lowest BCUT2D eigenvalue weighted by Crippen LogP contribution is -2.41. The number of carboxylic acids is 1. The molecular formula is C12H15BrN2O6S. The number of sulfonamides is 1. The third-order valence-electron chi connectivity index (χ3n) is 2.72. The number of benzene rings is 1. The van der Waals surface area contributed by atoms with E-state index in [0.29, 0.717) is 0 Å². The molecular weight excluding hydrogens is 380 g/mol. The lowest BCUT2D eigenvalue weighted by Gasteiger charge is -2.17. The van der Waals surface area contributed by atoms with Crippen molar-refractivity contribution in [3.05, 3.63) is 32.8 Å². The Morgan fingerprint density at radius 2 is 2.05 bits per heavy atom. The molecule has 1 aromatic carbocycles. The zero-order valence-electron chi connectivity index (χ0n) is 11.8.